The fraction of sp³-hybridized carbons (Fsp3) is 0.500. The molecule has 0 aliphatic carbocycles. The number of hydrogen-bond donors (Lipinski definition) is 3. The molecule has 4 N–H and O–H groups in total. The minimum absolute atomic E-state index is 0.131. The summed E-state index contributed by atoms with van der Waals surface area (Å²) in [5.41, 5.74) is 1.42. The molecule has 2 unspecified atom stereocenters. The topological polar surface area (TPSA) is 124 Å². The van der Waals surface area contributed by atoms with Crippen LogP contribution in [0.5, 0.6) is 0 Å². The normalized spacial score (nSPS) is 13.5. The van der Waals surface area contributed by atoms with Crippen LogP contribution in [0.4, 0.5) is 0 Å². The third kappa shape index (κ3) is 17.0. The summed E-state index contributed by atoms with van der Waals surface area (Å²) in [5.74, 6) is -2.80. The highest BCUT2D eigenvalue weighted by Crippen LogP contribution is 2.05. The number of carbonyl (C=O) groups is 2. The van der Waals surface area contributed by atoms with Gasteiger partial charge in [-0.3, -0.25) is 0 Å². The fourth-order valence-electron chi connectivity index (χ4n) is 1.98. The van der Waals surface area contributed by atoms with Crippen molar-refractivity contribution in [1.29, 1.82) is 0 Å². The maximum absolute atomic E-state index is 9.87. The average Bonchev–Trinajstić information content (AvgIpc) is 2.57. The van der Waals surface area contributed by atoms with E-state index in [4.69, 9.17) is 9.84 Å². The number of nitrogens with two attached hydrogens (primary N) is 1. The van der Waals surface area contributed by atoms with E-state index < -0.39 is 18.0 Å². The van der Waals surface area contributed by atoms with Crippen molar-refractivity contribution in [1.82, 2.24) is 0 Å². The van der Waals surface area contributed by atoms with Gasteiger partial charge in [-0.15, -0.1) is 0 Å². The number of carboxylic acids is 2. The lowest BCUT2D eigenvalue weighted by Crippen LogP contribution is -2.96. The van der Waals surface area contributed by atoms with Crippen LogP contribution in [-0.2, 0) is 20.7 Å². The van der Waals surface area contributed by atoms with Crippen LogP contribution < -0.4 is 10.4 Å². The van der Waals surface area contributed by atoms with Gasteiger partial charge in [0.2, 0.25) is 0 Å². The molecule has 0 amide bonds. The van der Waals surface area contributed by atoms with Crippen LogP contribution in [0, 0.1) is 0 Å². The Balaban J connectivity index is 0.000000713. The average molecular weight is 381 g/mol. The second-order valence-corrected chi connectivity index (χ2v) is 7.28. The van der Waals surface area contributed by atoms with Crippen molar-refractivity contribution >= 4 is 11.9 Å². The number of aliphatic hydroxyl groups excluding tert-OH is 1. The first-order valence-corrected chi connectivity index (χ1v) is 8.79. The zero-order valence-electron chi connectivity index (χ0n) is 16.4. The minimum atomic E-state index is -1.51. The number of ether oxygens (including phenoxy) is 1. The van der Waals surface area contributed by atoms with Crippen molar-refractivity contribution in [2.24, 2.45) is 0 Å². The molecule has 0 bridgehead atoms. The van der Waals surface area contributed by atoms with Crippen molar-refractivity contribution in [3.8, 4) is 0 Å². The van der Waals surface area contributed by atoms with Crippen molar-refractivity contribution in [3.05, 3.63) is 48.0 Å². The summed E-state index contributed by atoms with van der Waals surface area (Å²) in [6, 6.07) is 10.3. The van der Waals surface area contributed by atoms with Crippen molar-refractivity contribution in [2.75, 3.05) is 13.2 Å². The van der Waals surface area contributed by atoms with Gasteiger partial charge in [0, 0.05) is 6.08 Å². The molecule has 1 rings (SSSR count). The zero-order valence-corrected chi connectivity index (χ0v) is 16.4. The molecular formula is C20H31NO6. The highest BCUT2D eigenvalue weighted by atomic mass is 16.5. The summed E-state index contributed by atoms with van der Waals surface area (Å²) in [4.78, 5) is 19.0. The molecule has 1 aromatic carbocycles. The summed E-state index contributed by atoms with van der Waals surface area (Å²) in [7, 11) is 0. The zero-order chi connectivity index (χ0) is 20.9. The molecule has 0 saturated carbocycles. The van der Waals surface area contributed by atoms with Crippen LogP contribution in [0.25, 0.3) is 0 Å². The van der Waals surface area contributed by atoms with E-state index in [0.717, 1.165) is 6.42 Å². The van der Waals surface area contributed by atoms with Crippen LogP contribution in [0.15, 0.2) is 42.5 Å². The number of carbonyl (C=O) groups excluding carboxylic acids is 1. The van der Waals surface area contributed by atoms with Gasteiger partial charge in [-0.05, 0) is 45.8 Å². The van der Waals surface area contributed by atoms with Crippen LogP contribution in [-0.4, -0.2) is 53.1 Å². The number of rotatable bonds is 9. The molecule has 2 atom stereocenters. The Bertz CT molecular complexity index is 564. The van der Waals surface area contributed by atoms with Crippen molar-refractivity contribution in [3.63, 3.8) is 0 Å². The number of quaternary nitrogens is 1. The molecule has 1 aromatic rings. The standard InChI is InChI=1S/C16H27NO2.C4H4O4/c1-13(10-14-8-6-5-7-9-14)19-12-15(18)11-17-16(2,3)4;5-3(6)1-2-4(7)8/h5-9,13,15,17-18H,10-12H2,1-4H3;1-2H,(H,5,6)(H,7,8)/b;2-1+. The quantitative estimate of drug-likeness (QED) is 0.506. The highest BCUT2D eigenvalue weighted by Gasteiger charge is 2.17. The van der Waals surface area contributed by atoms with E-state index in [0.29, 0.717) is 25.3 Å². The van der Waals surface area contributed by atoms with E-state index in [1.165, 1.54) is 5.56 Å². The maximum atomic E-state index is 9.87. The second-order valence-electron chi connectivity index (χ2n) is 7.28. The Morgan fingerprint density at radius 2 is 1.81 bits per heavy atom. The van der Waals surface area contributed by atoms with E-state index in [-0.39, 0.29) is 11.6 Å². The second kappa shape index (κ2) is 13.0. The molecule has 0 radical (unpaired) electrons. The highest BCUT2D eigenvalue weighted by molar-refractivity contribution is 5.88. The van der Waals surface area contributed by atoms with Gasteiger partial charge in [-0.2, -0.15) is 0 Å². The summed E-state index contributed by atoms with van der Waals surface area (Å²) < 4.78 is 5.70. The van der Waals surface area contributed by atoms with Gasteiger partial charge in [-0.25, -0.2) is 4.79 Å². The number of carboxylic acid groups (broad SMARTS) is 2. The molecule has 0 spiro atoms. The van der Waals surface area contributed by atoms with Crippen LogP contribution in [0.1, 0.15) is 33.3 Å². The molecule has 0 aliphatic rings. The van der Waals surface area contributed by atoms with Gasteiger partial charge in [0.15, 0.2) is 0 Å². The molecule has 7 heteroatoms. The monoisotopic (exact) mass is 381 g/mol. The summed E-state index contributed by atoms with van der Waals surface area (Å²) in [6.45, 7) is 9.55. The first kappa shape index (κ1) is 24.8. The summed E-state index contributed by atoms with van der Waals surface area (Å²) in [5, 5.41) is 29.2. The Labute approximate surface area is 160 Å². The molecule has 0 aliphatic heterocycles. The Morgan fingerprint density at radius 1 is 1.22 bits per heavy atom. The van der Waals surface area contributed by atoms with Crippen molar-refractivity contribution in [2.45, 2.75) is 51.9 Å². The van der Waals surface area contributed by atoms with Gasteiger partial charge < -0.3 is 30.2 Å². The Kier molecular flexibility index (Phi) is 12.0. The molecule has 0 saturated heterocycles. The Morgan fingerprint density at radius 3 is 2.26 bits per heavy atom. The van der Waals surface area contributed by atoms with E-state index in [1.54, 1.807) is 0 Å². The van der Waals surface area contributed by atoms with Crippen LogP contribution >= 0.6 is 0 Å². The molecule has 7 nitrogen and oxygen atoms in total. The third-order valence-corrected chi connectivity index (χ3v) is 3.30. The number of aliphatic carboxylic acids is 2. The number of aliphatic hydroxyl groups is 1. The smallest absolute Gasteiger partial charge is 0.328 e. The molecule has 27 heavy (non-hydrogen) atoms. The lowest BCUT2D eigenvalue weighted by Gasteiger charge is -2.20. The third-order valence-electron chi connectivity index (χ3n) is 3.30. The Hall–Kier alpha value is -2.22. The van der Waals surface area contributed by atoms with Gasteiger partial charge in [0.1, 0.15) is 12.6 Å². The predicted molar refractivity (Wildman–Crippen MR) is 99.9 cm³/mol. The fourth-order valence-corrected chi connectivity index (χ4v) is 1.98. The number of benzene rings is 1. The van der Waals surface area contributed by atoms with Crippen molar-refractivity contribution < 1.29 is 35.0 Å². The number of hydrogen-bond acceptors (Lipinski definition) is 5. The van der Waals surface area contributed by atoms with E-state index in [2.05, 4.69) is 38.2 Å². The lowest BCUT2D eigenvalue weighted by atomic mass is 10.1. The molecular weight excluding hydrogens is 350 g/mol. The maximum Gasteiger partial charge on any atom is 0.328 e. The lowest BCUT2D eigenvalue weighted by molar-refractivity contribution is -0.722. The molecule has 0 fully saturated rings. The molecule has 152 valence electrons. The SMILES string of the molecule is CC(Cc1ccccc1)OCC(O)C[NH2+]C(C)(C)C.O=C([O-])/C=C/C(=O)O. The van der Waals surface area contributed by atoms with Gasteiger partial charge in [-0.1, -0.05) is 30.3 Å². The van der Waals surface area contributed by atoms with Crippen LogP contribution in [0.3, 0.4) is 0 Å². The first-order valence-electron chi connectivity index (χ1n) is 8.79. The minimum Gasteiger partial charge on any atom is -0.545 e. The predicted octanol–water partition coefficient (Wildman–Crippen LogP) is -0.266. The largest absolute Gasteiger partial charge is 0.545 e. The van der Waals surface area contributed by atoms with Gasteiger partial charge in [0.25, 0.3) is 0 Å². The van der Waals surface area contributed by atoms with Gasteiger partial charge >= 0.3 is 5.97 Å². The van der Waals surface area contributed by atoms with Crippen LogP contribution in [0.2, 0.25) is 0 Å². The molecule has 0 heterocycles. The first-order chi connectivity index (χ1) is 12.5. The van der Waals surface area contributed by atoms with E-state index in [9.17, 15) is 19.8 Å². The molecule has 0 aromatic heterocycles. The van der Waals surface area contributed by atoms with E-state index >= 15 is 0 Å². The van der Waals surface area contributed by atoms with E-state index in [1.807, 2.05) is 25.1 Å². The van der Waals surface area contributed by atoms with Gasteiger partial charge in [0.05, 0.1) is 24.2 Å². The summed E-state index contributed by atoms with van der Waals surface area (Å²) in [6.07, 6.45) is 1.55. The summed E-state index contributed by atoms with van der Waals surface area (Å²) >= 11 is 0.